The van der Waals surface area contributed by atoms with Crippen molar-refractivity contribution in [2.45, 2.75) is 13.3 Å². The molecule has 0 N–H and O–H groups in total. The van der Waals surface area contributed by atoms with Crippen molar-refractivity contribution in [3.63, 3.8) is 0 Å². The van der Waals surface area contributed by atoms with E-state index < -0.39 is 0 Å². The van der Waals surface area contributed by atoms with Gasteiger partial charge in [-0.1, -0.05) is 0 Å². The smallest absolute Gasteiger partial charge is 0.253 e. The second kappa shape index (κ2) is 7.53. The summed E-state index contributed by atoms with van der Waals surface area (Å²) in [6.45, 7) is 4.92. The maximum Gasteiger partial charge on any atom is 0.253 e. The quantitative estimate of drug-likeness (QED) is 0.705. The number of hydrogen-bond acceptors (Lipinski definition) is 6. The van der Waals surface area contributed by atoms with Gasteiger partial charge in [0.15, 0.2) is 0 Å². The van der Waals surface area contributed by atoms with Crippen LogP contribution in [0.25, 0.3) is 5.69 Å². The van der Waals surface area contributed by atoms with E-state index in [1.165, 1.54) is 0 Å². The zero-order valence-corrected chi connectivity index (χ0v) is 15.2. The summed E-state index contributed by atoms with van der Waals surface area (Å²) in [6, 6.07) is 9.40. The Labute approximate surface area is 157 Å². The fraction of sp³-hybridized carbons (Fsp3) is 0.316. The average Bonchev–Trinajstić information content (AvgIpc) is 3.12. The van der Waals surface area contributed by atoms with Gasteiger partial charge in [-0.15, -0.1) is 10.2 Å². The molecule has 0 spiro atoms. The molecular formula is C19H21N7O. The third-order valence-corrected chi connectivity index (χ3v) is 4.68. The average molecular weight is 363 g/mol. The number of aromatic nitrogens is 5. The molecule has 1 fully saturated rings. The molecule has 1 saturated heterocycles. The van der Waals surface area contributed by atoms with Crippen LogP contribution in [0.2, 0.25) is 0 Å². The molecule has 8 heteroatoms. The van der Waals surface area contributed by atoms with Crippen LogP contribution in [-0.4, -0.2) is 61.7 Å². The van der Waals surface area contributed by atoms with E-state index >= 15 is 0 Å². The van der Waals surface area contributed by atoms with E-state index in [2.05, 4.69) is 25.1 Å². The van der Waals surface area contributed by atoms with Gasteiger partial charge in [0.05, 0.1) is 0 Å². The Bertz CT molecular complexity index is 908. The summed E-state index contributed by atoms with van der Waals surface area (Å²) in [5.74, 6) is 0.792. The third-order valence-electron chi connectivity index (χ3n) is 4.68. The van der Waals surface area contributed by atoms with Crippen molar-refractivity contribution in [3.05, 3.63) is 60.4 Å². The largest absolute Gasteiger partial charge is 0.339 e. The molecule has 1 aliphatic rings. The van der Waals surface area contributed by atoms with E-state index in [0.717, 1.165) is 43.4 Å². The SMILES string of the molecule is Cc1ccnc(N2CCCN(C(=O)c3ccc(-n4cnnc4)cc3)CC2)n1. The maximum absolute atomic E-state index is 12.9. The molecule has 0 radical (unpaired) electrons. The van der Waals surface area contributed by atoms with E-state index in [-0.39, 0.29) is 5.91 Å². The Morgan fingerprint density at radius 3 is 2.48 bits per heavy atom. The molecule has 0 saturated carbocycles. The standard InChI is InChI=1S/C19H21N7O/c1-15-7-8-20-19(23-15)25-10-2-9-24(11-12-25)18(27)16-3-5-17(6-4-16)26-13-21-22-14-26/h3-8,13-14H,2,9-12H2,1H3. The number of nitrogens with zero attached hydrogens (tertiary/aromatic N) is 7. The molecule has 0 atom stereocenters. The van der Waals surface area contributed by atoms with Gasteiger partial charge >= 0.3 is 0 Å². The van der Waals surface area contributed by atoms with Crippen molar-refractivity contribution in [1.29, 1.82) is 0 Å². The van der Waals surface area contributed by atoms with Crippen LogP contribution in [0, 0.1) is 6.92 Å². The van der Waals surface area contributed by atoms with Gasteiger partial charge in [-0.2, -0.15) is 0 Å². The summed E-state index contributed by atoms with van der Waals surface area (Å²) in [7, 11) is 0. The Kier molecular flexibility index (Phi) is 4.78. The highest BCUT2D eigenvalue weighted by atomic mass is 16.2. The van der Waals surface area contributed by atoms with E-state index in [0.29, 0.717) is 12.1 Å². The van der Waals surface area contributed by atoms with E-state index in [4.69, 9.17) is 0 Å². The Balaban J connectivity index is 1.43. The molecule has 1 aromatic carbocycles. The van der Waals surface area contributed by atoms with Gasteiger partial charge in [-0.3, -0.25) is 9.36 Å². The van der Waals surface area contributed by atoms with Crippen LogP contribution in [0.4, 0.5) is 5.95 Å². The maximum atomic E-state index is 12.9. The second-order valence-electron chi connectivity index (χ2n) is 6.55. The number of amides is 1. The highest BCUT2D eigenvalue weighted by Crippen LogP contribution is 2.15. The van der Waals surface area contributed by atoms with E-state index in [1.807, 2.05) is 42.2 Å². The molecule has 2 aromatic heterocycles. The first-order valence-electron chi connectivity index (χ1n) is 9.00. The molecule has 0 bridgehead atoms. The highest BCUT2D eigenvalue weighted by Gasteiger charge is 2.21. The summed E-state index contributed by atoms with van der Waals surface area (Å²) in [4.78, 5) is 25.8. The van der Waals surface area contributed by atoms with Crippen LogP contribution in [-0.2, 0) is 0 Å². The van der Waals surface area contributed by atoms with Crippen molar-refractivity contribution >= 4 is 11.9 Å². The van der Waals surface area contributed by atoms with Crippen LogP contribution in [0.5, 0.6) is 0 Å². The Hall–Kier alpha value is -3.29. The fourth-order valence-corrected chi connectivity index (χ4v) is 3.20. The van der Waals surface area contributed by atoms with Gasteiger partial charge < -0.3 is 9.80 Å². The number of rotatable bonds is 3. The number of hydrogen-bond donors (Lipinski definition) is 0. The summed E-state index contributed by atoms with van der Waals surface area (Å²) in [6.07, 6.45) is 5.94. The van der Waals surface area contributed by atoms with Gasteiger partial charge in [0.25, 0.3) is 5.91 Å². The molecule has 1 amide bonds. The van der Waals surface area contributed by atoms with Crippen LogP contribution in [0.1, 0.15) is 22.5 Å². The highest BCUT2D eigenvalue weighted by molar-refractivity contribution is 5.94. The number of anilines is 1. The minimum atomic E-state index is 0.0531. The topological polar surface area (TPSA) is 80.0 Å². The first kappa shape index (κ1) is 17.1. The fourth-order valence-electron chi connectivity index (χ4n) is 3.20. The molecule has 138 valence electrons. The minimum Gasteiger partial charge on any atom is -0.339 e. The van der Waals surface area contributed by atoms with Crippen molar-refractivity contribution in [2.75, 3.05) is 31.1 Å². The molecular weight excluding hydrogens is 342 g/mol. The predicted molar refractivity (Wildman–Crippen MR) is 101 cm³/mol. The van der Waals surface area contributed by atoms with Gasteiger partial charge in [-0.05, 0) is 43.7 Å². The Morgan fingerprint density at radius 1 is 0.963 bits per heavy atom. The van der Waals surface area contributed by atoms with Gasteiger partial charge in [-0.25, -0.2) is 9.97 Å². The lowest BCUT2D eigenvalue weighted by Crippen LogP contribution is -2.35. The molecule has 4 rings (SSSR count). The number of carbonyl (C=O) groups is 1. The zero-order chi connectivity index (χ0) is 18.6. The molecule has 3 heterocycles. The number of aryl methyl sites for hydroxylation is 1. The minimum absolute atomic E-state index is 0.0531. The van der Waals surface area contributed by atoms with Crippen LogP contribution in [0.15, 0.2) is 49.2 Å². The molecule has 27 heavy (non-hydrogen) atoms. The lowest BCUT2D eigenvalue weighted by molar-refractivity contribution is 0.0767. The normalized spacial score (nSPS) is 14.9. The monoisotopic (exact) mass is 363 g/mol. The van der Waals surface area contributed by atoms with Crippen LogP contribution >= 0.6 is 0 Å². The van der Waals surface area contributed by atoms with Crippen molar-refractivity contribution in [1.82, 2.24) is 29.6 Å². The zero-order valence-electron chi connectivity index (χ0n) is 15.2. The molecule has 0 unspecified atom stereocenters. The van der Waals surface area contributed by atoms with Gasteiger partial charge in [0.2, 0.25) is 5.95 Å². The molecule has 3 aromatic rings. The molecule has 8 nitrogen and oxygen atoms in total. The van der Waals surface area contributed by atoms with Gasteiger partial charge in [0, 0.05) is 49.3 Å². The summed E-state index contributed by atoms with van der Waals surface area (Å²) in [5, 5.41) is 7.60. The number of carbonyl (C=O) groups excluding carboxylic acids is 1. The lowest BCUT2D eigenvalue weighted by Gasteiger charge is -2.22. The predicted octanol–water partition coefficient (Wildman–Crippen LogP) is 1.72. The number of benzene rings is 1. The lowest BCUT2D eigenvalue weighted by atomic mass is 10.1. The summed E-state index contributed by atoms with van der Waals surface area (Å²) < 4.78 is 1.81. The van der Waals surface area contributed by atoms with E-state index in [9.17, 15) is 4.79 Å². The van der Waals surface area contributed by atoms with Crippen molar-refractivity contribution in [2.24, 2.45) is 0 Å². The summed E-state index contributed by atoms with van der Waals surface area (Å²) in [5.41, 5.74) is 2.56. The van der Waals surface area contributed by atoms with Crippen molar-refractivity contribution < 1.29 is 4.79 Å². The summed E-state index contributed by atoms with van der Waals surface area (Å²) >= 11 is 0. The molecule has 1 aliphatic heterocycles. The Morgan fingerprint density at radius 2 is 1.74 bits per heavy atom. The van der Waals surface area contributed by atoms with Crippen LogP contribution in [0.3, 0.4) is 0 Å². The van der Waals surface area contributed by atoms with Crippen LogP contribution < -0.4 is 4.90 Å². The third kappa shape index (κ3) is 3.79. The first-order chi connectivity index (χ1) is 13.2. The first-order valence-corrected chi connectivity index (χ1v) is 9.00. The van der Waals surface area contributed by atoms with E-state index in [1.54, 1.807) is 23.4 Å². The molecule has 0 aliphatic carbocycles. The second-order valence-corrected chi connectivity index (χ2v) is 6.55. The van der Waals surface area contributed by atoms with Gasteiger partial charge in [0.1, 0.15) is 12.7 Å². The van der Waals surface area contributed by atoms with Crippen molar-refractivity contribution in [3.8, 4) is 5.69 Å².